The fourth-order valence-corrected chi connectivity index (χ4v) is 3.23. The van der Waals surface area contributed by atoms with Gasteiger partial charge in [-0.1, -0.05) is 35.5 Å². The van der Waals surface area contributed by atoms with Crippen molar-refractivity contribution < 1.29 is 14.4 Å². The normalized spacial score (nSPS) is 17.6. The van der Waals surface area contributed by atoms with E-state index in [1.807, 2.05) is 30.3 Å². The van der Waals surface area contributed by atoms with Gasteiger partial charge in [0, 0.05) is 30.4 Å². The molecule has 1 aliphatic heterocycles. The number of rotatable bonds is 3. The van der Waals surface area contributed by atoms with E-state index in [1.54, 1.807) is 23.4 Å². The molecule has 0 radical (unpaired) electrons. The van der Waals surface area contributed by atoms with E-state index >= 15 is 0 Å². The molecule has 6 nitrogen and oxygen atoms in total. The molecule has 1 atom stereocenters. The van der Waals surface area contributed by atoms with Crippen LogP contribution in [0.25, 0.3) is 22.5 Å². The molecular weight excluding hydrogens is 318 g/mol. The van der Waals surface area contributed by atoms with Crippen molar-refractivity contribution in [1.29, 1.82) is 0 Å². The number of benzene rings is 1. The minimum absolute atomic E-state index is 0.106. The quantitative estimate of drug-likeness (QED) is 0.770. The number of aliphatic hydroxyl groups is 1. The summed E-state index contributed by atoms with van der Waals surface area (Å²) in [6, 6.07) is 11.6. The molecule has 128 valence electrons. The van der Waals surface area contributed by atoms with E-state index in [9.17, 15) is 9.90 Å². The molecule has 3 aromatic rings. The summed E-state index contributed by atoms with van der Waals surface area (Å²) in [5.74, 6) is 0.519. The van der Waals surface area contributed by atoms with Crippen LogP contribution in [-0.2, 0) is 0 Å². The number of H-pyrrole nitrogens is 1. The summed E-state index contributed by atoms with van der Waals surface area (Å²) in [6.45, 7) is 1.05. The Balaban J connectivity index is 1.60. The van der Waals surface area contributed by atoms with E-state index in [1.165, 1.54) is 0 Å². The van der Waals surface area contributed by atoms with Crippen molar-refractivity contribution >= 4 is 5.91 Å². The molecule has 6 heteroatoms. The average Bonchev–Trinajstić information content (AvgIpc) is 3.31. The van der Waals surface area contributed by atoms with E-state index in [2.05, 4.69) is 10.1 Å². The van der Waals surface area contributed by atoms with Crippen LogP contribution in [0.5, 0.6) is 0 Å². The molecule has 3 heterocycles. The summed E-state index contributed by atoms with van der Waals surface area (Å²) < 4.78 is 5.43. The first-order valence-electron chi connectivity index (χ1n) is 8.38. The Morgan fingerprint density at radius 1 is 1.28 bits per heavy atom. The van der Waals surface area contributed by atoms with Gasteiger partial charge in [0.15, 0.2) is 5.76 Å². The molecule has 1 saturated heterocycles. The number of likely N-dealkylation sites (tertiary alicyclic amines) is 1. The molecule has 1 aliphatic rings. The third-order valence-corrected chi connectivity index (χ3v) is 4.51. The number of nitrogens with zero attached hydrogens (tertiary/aromatic N) is 2. The molecule has 1 unspecified atom stereocenters. The summed E-state index contributed by atoms with van der Waals surface area (Å²) in [6.07, 6.45) is 4.56. The first-order chi connectivity index (χ1) is 12.2. The van der Waals surface area contributed by atoms with Gasteiger partial charge in [-0.3, -0.25) is 4.79 Å². The minimum Gasteiger partial charge on any atom is -0.391 e. The predicted molar refractivity (Wildman–Crippen MR) is 92.9 cm³/mol. The van der Waals surface area contributed by atoms with Crippen LogP contribution in [-0.4, -0.2) is 45.2 Å². The van der Waals surface area contributed by atoms with Crippen LogP contribution in [0.2, 0.25) is 0 Å². The zero-order valence-corrected chi connectivity index (χ0v) is 13.7. The molecule has 2 N–H and O–H groups in total. The standard InChI is InChI=1S/C19H19N3O3/c23-15-7-4-8-22(12-15)19(24)17-9-14(10-20-17)18-16(11-21-25-18)13-5-2-1-3-6-13/h1-3,5-6,9-11,15,20,23H,4,7-8,12H2. The molecule has 1 fully saturated rings. The second-order valence-electron chi connectivity index (χ2n) is 6.28. The Morgan fingerprint density at radius 2 is 2.12 bits per heavy atom. The van der Waals surface area contributed by atoms with Gasteiger partial charge in [0.1, 0.15) is 5.69 Å². The van der Waals surface area contributed by atoms with Crippen molar-refractivity contribution in [2.24, 2.45) is 0 Å². The van der Waals surface area contributed by atoms with Crippen LogP contribution < -0.4 is 0 Å². The summed E-state index contributed by atoms with van der Waals surface area (Å²) in [5, 5.41) is 13.7. The number of hydrogen-bond donors (Lipinski definition) is 2. The highest BCUT2D eigenvalue weighted by atomic mass is 16.5. The van der Waals surface area contributed by atoms with Crippen LogP contribution in [0.15, 0.2) is 53.3 Å². The molecule has 1 amide bonds. The van der Waals surface area contributed by atoms with E-state index in [0.29, 0.717) is 24.5 Å². The third-order valence-electron chi connectivity index (χ3n) is 4.51. The van der Waals surface area contributed by atoms with Crippen molar-refractivity contribution in [2.75, 3.05) is 13.1 Å². The molecular formula is C19H19N3O3. The maximum Gasteiger partial charge on any atom is 0.270 e. The first kappa shape index (κ1) is 15.7. The van der Waals surface area contributed by atoms with Gasteiger partial charge in [0.25, 0.3) is 5.91 Å². The van der Waals surface area contributed by atoms with Gasteiger partial charge in [-0.2, -0.15) is 0 Å². The lowest BCUT2D eigenvalue weighted by Gasteiger charge is -2.29. The lowest BCUT2D eigenvalue weighted by Crippen LogP contribution is -2.42. The Morgan fingerprint density at radius 3 is 2.92 bits per heavy atom. The minimum atomic E-state index is -0.439. The molecule has 0 saturated carbocycles. The Bertz CT molecular complexity index is 869. The maximum absolute atomic E-state index is 12.6. The number of amides is 1. The number of β-amino-alcohol motifs (C(OH)–C–C–N with tert-alkyl or cyclic N) is 1. The van der Waals surface area contributed by atoms with Crippen LogP contribution in [0.3, 0.4) is 0 Å². The topological polar surface area (TPSA) is 82.4 Å². The highest BCUT2D eigenvalue weighted by Crippen LogP contribution is 2.32. The third kappa shape index (κ3) is 3.08. The first-order valence-corrected chi connectivity index (χ1v) is 8.38. The summed E-state index contributed by atoms with van der Waals surface area (Å²) in [4.78, 5) is 17.3. The zero-order chi connectivity index (χ0) is 17.2. The molecule has 0 bridgehead atoms. The average molecular weight is 337 g/mol. The number of aromatic amines is 1. The smallest absolute Gasteiger partial charge is 0.270 e. The van der Waals surface area contributed by atoms with Crippen molar-refractivity contribution in [3.05, 3.63) is 54.5 Å². The Hall–Kier alpha value is -2.86. The zero-order valence-electron chi connectivity index (χ0n) is 13.7. The molecule has 1 aromatic carbocycles. The second kappa shape index (κ2) is 6.57. The van der Waals surface area contributed by atoms with Gasteiger partial charge < -0.3 is 19.5 Å². The number of piperidine rings is 1. The van der Waals surface area contributed by atoms with E-state index < -0.39 is 6.10 Å². The lowest BCUT2D eigenvalue weighted by atomic mass is 10.0. The van der Waals surface area contributed by atoms with E-state index in [0.717, 1.165) is 29.5 Å². The van der Waals surface area contributed by atoms with Crippen LogP contribution >= 0.6 is 0 Å². The highest BCUT2D eigenvalue weighted by Gasteiger charge is 2.25. The predicted octanol–water partition coefficient (Wildman–Crippen LogP) is 2.93. The van der Waals surface area contributed by atoms with Crippen molar-refractivity contribution in [1.82, 2.24) is 15.0 Å². The lowest BCUT2D eigenvalue weighted by molar-refractivity contribution is 0.0469. The second-order valence-corrected chi connectivity index (χ2v) is 6.28. The number of aliphatic hydroxyl groups excluding tert-OH is 1. The fraction of sp³-hybridized carbons (Fsp3) is 0.263. The number of nitrogens with one attached hydrogen (secondary N) is 1. The van der Waals surface area contributed by atoms with Gasteiger partial charge in [0.2, 0.25) is 0 Å². The van der Waals surface area contributed by atoms with Gasteiger partial charge >= 0.3 is 0 Å². The Kier molecular flexibility index (Phi) is 4.11. The number of hydrogen-bond acceptors (Lipinski definition) is 4. The number of aromatic nitrogens is 2. The van der Waals surface area contributed by atoms with Crippen molar-refractivity contribution in [3.8, 4) is 22.5 Å². The molecule has 2 aromatic heterocycles. The summed E-state index contributed by atoms with van der Waals surface area (Å²) >= 11 is 0. The van der Waals surface area contributed by atoms with Gasteiger partial charge in [-0.25, -0.2) is 0 Å². The maximum atomic E-state index is 12.6. The SMILES string of the molecule is O=C(c1cc(-c2oncc2-c2ccccc2)c[nH]1)N1CCCC(O)C1. The molecule has 0 aliphatic carbocycles. The number of carbonyl (C=O) groups is 1. The van der Waals surface area contributed by atoms with E-state index in [-0.39, 0.29) is 5.91 Å². The largest absolute Gasteiger partial charge is 0.391 e. The molecule has 0 spiro atoms. The van der Waals surface area contributed by atoms with Gasteiger partial charge in [-0.05, 0) is 24.5 Å². The van der Waals surface area contributed by atoms with Gasteiger partial charge in [0.05, 0.1) is 12.3 Å². The highest BCUT2D eigenvalue weighted by molar-refractivity contribution is 5.94. The van der Waals surface area contributed by atoms with Crippen LogP contribution in [0.4, 0.5) is 0 Å². The van der Waals surface area contributed by atoms with Crippen molar-refractivity contribution in [2.45, 2.75) is 18.9 Å². The fourth-order valence-electron chi connectivity index (χ4n) is 3.23. The monoisotopic (exact) mass is 337 g/mol. The van der Waals surface area contributed by atoms with E-state index in [4.69, 9.17) is 4.52 Å². The summed E-state index contributed by atoms with van der Waals surface area (Å²) in [5.41, 5.74) is 3.15. The number of carbonyl (C=O) groups excluding carboxylic acids is 1. The van der Waals surface area contributed by atoms with Crippen LogP contribution in [0, 0.1) is 0 Å². The Labute approximate surface area is 145 Å². The van der Waals surface area contributed by atoms with Gasteiger partial charge in [-0.15, -0.1) is 0 Å². The van der Waals surface area contributed by atoms with Crippen molar-refractivity contribution in [3.63, 3.8) is 0 Å². The van der Waals surface area contributed by atoms with Crippen LogP contribution in [0.1, 0.15) is 23.3 Å². The molecule has 25 heavy (non-hydrogen) atoms. The summed E-state index contributed by atoms with van der Waals surface area (Å²) in [7, 11) is 0. The molecule has 4 rings (SSSR count).